The Kier molecular flexibility index (Phi) is 3.55. The van der Waals surface area contributed by atoms with Crippen molar-refractivity contribution in [3.63, 3.8) is 0 Å². The smallest absolute Gasteiger partial charge is 0.198 e. The van der Waals surface area contributed by atoms with Crippen LogP contribution >= 0.6 is 12.2 Å². The molecular weight excluding hydrogens is 228 g/mol. The third kappa shape index (κ3) is 3.14. The largest absolute Gasteiger partial charge is 0.445 e. The lowest BCUT2D eigenvalue weighted by atomic mass is 10.2. The molecule has 0 aliphatic rings. The summed E-state index contributed by atoms with van der Waals surface area (Å²) in [6.07, 6.45) is 0. The van der Waals surface area contributed by atoms with Crippen molar-refractivity contribution in [3.8, 4) is 5.75 Å². The molecule has 0 radical (unpaired) electrons. The van der Waals surface area contributed by atoms with E-state index in [-0.39, 0.29) is 0 Å². The van der Waals surface area contributed by atoms with Gasteiger partial charge in [-0.2, -0.15) is 0 Å². The Labute approximate surface area is 107 Å². The van der Waals surface area contributed by atoms with Gasteiger partial charge >= 0.3 is 0 Å². The molecule has 17 heavy (non-hydrogen) atoms. The molecular formula is C15H14OS. The van der Waals surface area contributed by atoms with Crippen LogP contribution < -0.4 is 4.74 Å². The Hall–Kier alpha value is -1.67. The lowest BCUT2D eigenvalue weighted by Gasteiger charge is -2.07. The molecule has 0 saturated carbocycles. The maximum atomic E-state index is 5.63. The average molecular weight is 242 g/mol. The number of benzene rings is 2. The zero-order chi connectivity index (χ0) is 12.3. The summed E-state index contributed by atoms with van der Waals surface area (Å²) in [7, 11) is 0. The predicted octanol–water partition coefficient (Wildman–Crippen LogP) is 4.06. The standard InChI is InChI=1S/C15H14OS/c1-11-3-7-13(8-4-11)15(17)16-14-9-5-12(2)6-10-14/h3-10H,1-2H3. The fraction of sp³-hybridized carbons (Fsp3) is 0.133. The normalized spacial score (nSPS) is 10.0. The quantitative estimate of drug-likeness (QED) is 0.734. The van der Waals surface area contributed by atoms with Gasteiger partial charge in [-0.1, -0.05) is 47.5 Å². The van der Waals surface area contributed by atoms with Crippen molar-refractivity contribution in [2.45, 2.75) is 13.8 Å². The van der Waals surface area contributed by atoms with Gasteiger partial charge in [-0.25, -0.2) is 0 Å². The molecule has 0 aromatic heterocycles. The van der Waals surface area contributed by atoms with Gasteiger partial charge in [0.05, 0.1) is 0 Å². The summed E-state index contributed by atoms with van der Waals surface area (Å²) < 4.78 is 5.63. The maximum Gasteiger partial charge on any atom is 0.198 e. The number of aryl methyl sites for hydroxylation is 2. The van der Waals surface area contributed by atoms with Crippen LogP contribution in [0.4, 0.5) is 0 Å². The van der Waals surface area contributed by atoms with E-state index in [1.807, 2.05) is 62.4 Å². The van der Waals surface area contributed by atoms with Crippen LogP contribution in [0.3, 0.4) is 0 Å². The van der Waals surface area contributed by atoms with Gasteiger partial charge in [-0.05, 0) is 38.2 Å². The molecule has 2 heteroatoms. The first kappa shape index (κ1) is 11.8. The Morgan fingerprint density at radius 3 is 1.82 bits per heavy atom. The number of rotatable bonds is 2. The van der Waals surface area contributed by atoms with E-state index >= 15 is 0 Å². The van der Waals surface area contributed by atoms with Crippen molar-refractivity contribution in [1.82, 2.24) is 0 Å². The minimum Gasteiger partial charge on any atom is -0.445 e. The third-order valence-electron chi connectivity index (χ3n) is 2.52. The molecule has 0 unspecified atom stereocenters. The fourth-order valence-electron chi connectivity index (χ4n) is 1.46. The summed E-state index contributed by atoms with van der Waals surface area (Å²) in [5.41, 5.74) is 3.36. The van der Waals surface area contributed by atoms with Crippen LogP contribution in [0.1, 0.15) is 16.7 Å². The number of hydrogen-bond acceptors (Lipinski definition) is 2. The van der Waals surface area contributed by atoms with E-state index < -0.39 is 0 Å². The van der Waals surface area contributed by atoms with Crippen LogP contribution in [0.5, 0.6) is 5.75 Å². The minimum atomic E-state index is 0.508. The second-order valence-electron chi connectivity index (χ2n) is 4.07. The van der Waals surface area contributed by atoms with Crippen molar-refractivity contribution in [1.29, 1.82) is 0 Å². The predicted molar refractivity (Wildman–Crippen MR) is 74.7 cm³/mol. The fourth-order valence-corrected chi connectivity index (χ4v) is 1.69. The van der Waals surface area contributed by atoms with E-state index in [2.05, 4.69) is 0 Å². The van der Waals surface area contributed by atoms with Crippen LogP contribution in [0, 0.1) is 13.8 Å². The molecule has 0 atom stereocenters. The summed E-state index contributed by atoms with van der Waals surface area (Å²) >= 11 is 5.26. The highest BCUT2D eigenvalue weighted by atomic mass is 32.1. The molecule has 2 rings (SSSR count). The second kappa shape index (κ2) is 5.11. The highest BCUT2D eigenvalue weighted by molar-refractivity contribution is 7.80. The minimum absolute atomic E-state index is 0.508. The number of thiocarbonyl (C=S) groups is 1. The Bertz CT molecular complexity index is 512. The molecule has 0 bridgehead atoms. The third-order valence-corrected chi connectivity index (χ3v) is 2.84. The van der Waals surface area contributed by atoms with Crippen molar-refractivity contribution in [2.24, 2.45) is 0 Å². The van der Waals surface area contributed by atoms with Crippen molar-refractivity contribution in [2.75, 3.05) is 0 Å². The van der Waals surface area contributed by atoms with Gasteiger partial charge in [0.15, 0.2) is 5.05 Å². The summed E-state index contributed by atoms with van der Waals surface area (Å²) in [6, 6.07) is 15.9. The SMILES string of the molecule is Cc1ccc(OC(=S)c2ccc(C)cc2)cc1. The molecule has 0 aliphatic heterocycles. The summed E-state index contributed by atoms with van der Waals surface area (Å²) in [5.74, 6) is 0.779. The van der Waals surface area contributed by atoms with Gasteiger partial charge < -0.3 is 4.74 Å². The van der Waals surface area contributed by atoms with Gasteiger partial charge in [-0.3, -0.25) is 0 Å². The second-order valence-corrected chi connectivity index (χ2v) is 4.44. The molecule has 1 nitrogen and oxygen atoms in total. The molecule has 0 heterocycles. The Balaban J connectivity index is 2.11. The maximum absolute atomic E-state index is 5.63. The van der Waals surface area contributed by atoms with E-state index in [0.29, 0.717) is 5.05 Å². The summed E-state index contributed by atoms with van der Waals surface area (Å²) in [4.78, 5) is 0. The average Bonchev–Trinajstić information content (AvgIpc) is 2.33. The van der Waals surface area contributed by atoms with Crippen LogP contribution in [0.25, 0.3) is 0 Å². The molecule has 0 N–H and O–H groups in total. The monoisotopic (exact) mass is 242 g/mol. The first-order valence-corrected chi connectivity index (χ1v) is 5.91. The van der Waals surface area contributed by atoms with Crippen molar-refractivity contribution in [3.05, 3.63) is 65.2 Å². The van der Waals surface area contributed by atoms with E-state index in [1.54, 1.807) is 0 Å². The Morgan fingerprint density at radius 2 is 1.29 bits per heavy atom. The van der Waals surface area contributed by atoms with Crippen LogP contribution in [0.2, 0.25) is 0 Å². The molecule has 0 saturated heterocycles. The summed E-state index contributed by atoms with van der Waals surface area (Å²) in [5, 5.41) is 0.508. The first-order valence-electron chi connectivity index (χ1n) is 5.51. The zero-order valence-corrected chi connectivity index (χ0v) is 10.8. The van der Waals surface area contributed by atoms with Crippen LogP contribution in [0.15, 0.2) is 48.5 Å². The molecule has 86 valence electrons. The highest BCUT2D eigenvalue weighted by Gasteiger charge is 2.03. The van der Waals surface area contributed by atoms with Crippen molar-refractivity contribution >= 4 is 17.3 Å². The van der Waals surface area contributed by atoms with Gasteiger partial charge in [0, 0.05) is 5.56 Å². The van der Waals surface area contributed by atoms with Gasteiger partial charge in [0.1, 0.15) is 5.75 Å². The van der Waals surface area contributed by atoms with Crippen molar-refractivity contribution < 1.29 is 4.74 Å². The molecule has 0 fully saturated rings. The first-order chi connectivity index (χ1) is 8.15. The zero-order valence-electron chi connectivity index (χ0n) is 9.94. The molecule has 0 spiro atoms. The summed E-state index contributed by atoms with van der Waals surface area (Å²) in [6.45, 7) is 4.09. The van der Waals surface area contributed by atoms with Crippen LogP contribution in [-0.4, -0.2) is 5.05 Å². The lowest BCUT2D eigenvalue weighted by molar-refractivity contribution is 0.566. The highest BCUT2D eigenvalue weighted by Crippen LogP contribution is 2.14. The number of ether oxygens (including phenoxy) is 1. The molecule has 2 aromatic carbocycles. The number of hydrogen-bond donors (Lipinski definition) is 0. The van der Waals surface area contributed by atoms with Gasteiger partial charge in [0.2, 0.25) is 0 Å². The van der Waals surface area contributed by atoms with Crippen LogP contribution in [-0.2, 0) is 0 Å². The topological polar surface area (TPSA) is 9.23 Å². The molecule has 0 amide bonds. The van der Waals surface area contributed by atoms with E-state index in [0.717, 1.165) is 11.3 Å². The van der Waals surface area contributed by atoms with Gasteiger partial charge in [0.25, 0.3) is 0 Å². The van der Waals surface area contributed by atoms with E-state index in [9.17, 15) is 0 Å². The van der Waals surface area contributed by atoms with E-state index in [1.165, 1.54) is 11.1 Å². The molecule has 0 aliphatic carbocycles. The Morgan fingerprint density at radius 1 is 0.824 bits per heavy atom. The van der Waals surface area contributed by atoms with Gasteiger partial charge in [-0.15, -0.1) is 0 Å². The molecule has 2 aromatic rings. The van der Waals surface area contributed by atoms with E-state index in [4.69, 9.17) is 17.0 Å². The lowest BCUT2D eigenvalue weighted by Crippen LogP contribution is -2.06.